The van der Waals surface area contributed by atoms with E-state index in [2.05, 4.69) is 9.71 Å². The number of nitrogens with one attached hydrogen (secondary N) is 1. The van der Waals surface area contributed by atoms with Crippen LogP contribution in [0, 0.1) is 0 Å². The van der Waals surface area contributed by atoms with Crippen molar-refractivity contribution in [1.82, 2.24) is 14.1 Å². The lowest BCUT2D eigenvalue weighted by Gasteiger charge is -2.28. The van der Waals surface area contributed by atoms with Crippen LogP contribution in [0.5, 0.6) is 0 Å². The van der Waals surface area contributed by atoms with E-state index in [4.69, 9.17) is 0 Å². The van der Waals surface area contributed by atoms with E-state index >= 15 is 0 Å². The topological polar surface area (TPSA) is 83.8 Å². The first-order valence-electron chi connectivity index (χ1n) is 9.27. The minimum Gasteiger partial charge on any atom is -0.312 e. The van der Waals surface area contributed by atoms with Gasteiger partial charge in [-0.25, -0.2) is 18.1 Å². The Hall–Kier alpha value is -2.71. The van der Waals surface area contributed by atoms with Gasteiger partial charge in [0.1, 0.15) is 5.65 Å². The second-order valence-corrected chi connectivity index (χ2v) is 8.68. The molecule has 8 heteroatoms. The number of fused-ring (bicyclic) bond motifs is 2. The highest BCUT2D eigenvalue weighted by atomic mass is 32.2. The summed E-state index contributed by atoms with van der Waals surface area (Å²) in [5, 5.41) is 0. The maximum absolute atomic E-state index is 12.7. The molecular formula is C20H22N4O3S. The summed E-state index contributed by atoms with van der Waals surface area (Å²) in [7, 11) is -3.62. The van der Waals surface area contributed by atoms with Gasteiger partial charge >= 0.3 is 0 Å². The van der Waals surface area contributed by atoms with Gasteiger partial charge in [0.05, 0.1) is 10.6 Å². The Bertz CT molecular complexity index is 1100. The lowest BCUT2D eigenvalue weighted by atomic mass is 10.0. The van der Waals surface area contributed by atoms with Crippen LogP contribution < -0.4 is 9.62 Å². The number of nitrogens with zero attached hydrogens (tertiary/aromatic N) is 3. The summed E-state index contributed by atoms with van der Waals surface area (Å²) in [4.78, 5) is 18.2. The van der Waals surface area contributed by atoms with Gasteiger partial charge in [-0.2, -0.15) is 0 Å². The van der Waals surface area contributed by atoms with E-state index in [0.717, 1.165) is 35.4 Å². The van der Waals surface area contributed by atoms with Gasteiger partial charge in [0, 0.05) is 44.5 Å². The van der Waals surface area contributed by atoms with Crippen LogP contribution in [0.25, 0.3) is 5.65 Å². The van der Waals surface area contributed by atoms with E-state index in [1.54, 1.807) is 23.1 Å². The largest absolute Gasteiger partial charge is 0.312 e. The molecule has 3 heterocycles. The first-order valence-corrected chi connectivity index (χ1v) is 10.8. The third-order valence-corrected chi connectivity index (χ3v) is 6.41. The second kappa shape index (κ2) is 7.37. The van der Waals surface area contributed by atoms with Crippen molar-refractivity contribution < 1.29 is 13.2 Å². The quantitative estimate of drug-likeness (QED) is 0.714. The average molecular weight is 398 g/mol. The van der Waals surface area contributed by atoms with Crippen molar-refractivity contribution in [3.05, 3.63) is 60.0 Å². The summed E-state index contributed by atoms with van der Waals surface area (Å²) in [6.45, 7) is 2.47. The molecule has 0 unspecified atom stereocenters. The molecule has 4 rings (SSSR count). The normalized spacial score (nSPS) is 14.2. The van der Waals surface area contributed by atoms with Crippen molar-refractivity contribution in [3.8, 4) is 0 Å². The number of carbonyl (C=O) groups excluding carboxylic acids is 1. The van der Waals surface area contributed by atoms with E-state index in [9.17, 15) is 13.2 Å². The number of carbonyl (C=O) groups is 1. The van der Waals surface area contributed by atoms with E-state index in [1.807, 2.05) is 35.0 Å². The smallest absolute Gasteiger partial charge is 0.240 e. The highest BCUT2D eigenvalue weighted by Gasteiger charge is 2.23. The first kappa shape index (κ1) is 18.6. The fourth-order valence-corrected chi connectivity index (χ4v) is 4.65. The Morgan fingerprint density at radius 1 is 1.25 bits per heavy atom. The summed E-state index contributed by atoms with van der Waals surface area (Å²) < 4.78 is 29.9. The number of hydrogen-bond donors (Lipinski definition) is 1. The molecule has 0 saturated carbocycles. The summed E-state index contributed by atoms with van der Waals surface area (Å²) in [6, 6.07) is 10.7. The molecule has 7 nitrogen and oxygen atoms in total. The molecule has 28 heavy (non-hydrogen) atoms. The number of rotatable bonds is 5. The number of anilines is 1. The van der Waals surface area contributed by atoms with Crippen LogP contribution in [0.4, 0.5) is 5.69 Å². The third kappa shape index (κ3) is 3.65. The molecule has 1 aromatic carbocycles. The zero-order chi connectivity index (χ0) is 19.7. The highest BCUT2D eigenvalue weighted by Crippen LogP contribution is 2.29. The summed E-state index contributed by atoms with van der Waals surface area (Å²) in [6.07, 6.45) is 5.91. The van der Waals surface area contributed by atoms with Gasteiger partial charge in [0.2, 0.25) is 15.9 Å². The maximum Gasteiger partial charge on any atom is 0.240 e. The Kier molecular flexibility index (Phi) is 4.91. The number of aromatic nitrogens is 2. The van der Waals surface area contributed by atoms with E-state index in [0.29, 0.717) is 13.0 Å². The first-order chi connectivity index (χ1) is 13.4. The Balaban J connectivity index is 1.46. The van der Waals surface area contributed by atoms with Crippen LogP contribution in [0.15, 0.2) is 53.7 Å². The molecule has 0 saturated heterocycles. The molecule has 1 aliphatic rings. The summed E-state index contributed by atoms with van der Waals surface area (Å²) in [5.74, 6) is -0.0258. The Morgan fingerprint density at radius 2 is 2.11 bits per heavy atom. The highest BCUT2D eigenvalue weighted by molar-refractivity contribution is 7.89. The molecule has 0 radical (unpaired) electrons. The van der Waals surface area contributed by atoms with Gasteiger partial charge in [-0.05, 0) is 48.7 Å². The molecule has 0 bridgehead atoms. The molecule has 0 aliphatic carbocycles. The van der Waals surface area contributed by atoms with E-state index < -0.39 is 10.0 Å². The SMILES string of the molecule is CC(=O)N1CCCc2cc(S(=O)(=O)NCCc3cn4ccccc4n3)ccc21. The molecular weight excluding hydrogens is 376 g/mol. The zero-order valence-electron chi connectivity index (χ0n) is 15.6. The minimum absolute atomic E-state index is 0.0258. The van der Waals surface area contributed by atoms with Gasteiger partial charge in [-0.3, -0.25) is 4.79 Å². The van der Waals surface area contributed by atoms with Crippen molar-refractivity contribution in [3.63, 3.8) is 0 Å². The number of imidazole rings is 1. The van der Waals surface area contributed by atoms with Crippen LogP contribution in [0.2, 0.25) is 0 Å². The number of amides is 1. The fraction of sp³-hybridized carbons (Fsp3) is 0.300. The lowest BCUT2D eigenvalue weighted by molar-refractivity contribution is -0.116. The molecule has 0 atom stereocenters. The van der Waals surface area contributed by atoms with Crippen LogP contribution in [-0.2, 0) is 27.7 Å². The Labute approximate surface area is 164 Å². The van der Waals surface area contributed by atoms with Crippen molar-refractivity contribution >= 4 is 27.3 Å². The van der Waals surface area contributed by atoms with Crippen molar-refractivity contribution in [2.45, 2.75) is 31.1 Å². The monoisotopic (exact) mass is 398 g/mol. The molecule has 1 amide bonds. The molecule has 146 valence electrons. The van der Waals surface area contributed by atoms with Crippen molar-refractivity contribution in [1.29, 1.82) is 0 Å². The second-order valence-electron chi connectivity index (χ2n) is 6.91. The number of aryl methyl sites for hydroxylation is 1. The lowest BCUT2D eigenvalue weighted by Crippen LogP contribution is -2.33. The zero-order valence-corrected chi connectivity index (χ0v) is 16.4. The summed E-state index contributed by atoms with van der Waals surface area (Å²) >= 11 is 0. The van der Waals surface area contributed by atoms with Crippen molar-refractivity contribution in [2.75, 3.05) is 18.0 Å². The Morgan fingerprint density at radius 3 is 2.89 bits per heavy atom. The van der Waals surface area contributed by atoms with Crippen LogP contribution in [0.1, 0.15) is 24.6 Å². The maximum atomic E-state index is 12.7. The van der Waals surface area contributed by atoms with Crippen molar-refractivity contribution in [2.24, 2.45) is 0 Å². The van der Waals surface area contributed by atoms with Gasteiger partial charge in [0.15, 0.2) is 0 Å². The van der Waals surface area contributed by atoms with Gasteiger partial charge < -0.3 is 9.30 Å². The average Bonchev–Trinajstić information content (AvgIpc) is 3.09. The number of pyridine rings is 1. The number of sulfonamides is 1. The van der Waals surface area contributed by atoms with E-state index in [-0.39, 0.29) is 17.3 Å². The standard InChI is InChI=1S/C20H22N4O3S/c1-15(25)24-12-4-5-16-13-18(7-8-19(16)24)28(26,27)21-10-9-17-14-23-11-3-2-6-20(23)22-17/h2-3,6-8,11,13-14,21H,4-5,9-10,12H2,1H3. The molecule has 2 aromatic heterocycles. The van der Waals surface area contributed by atoms with Crippen LogP contribution >= 0.6 is 0 Å². The van der Waals surface area contributed by atoms with E-state index in [1.165, 1.54) is 6.92 Å². The predicted octanol–water partition coefficient (Wildman–Crippen LogP) is 2.15. The molecule has 1 aliphatic heterocycles. The fourth-order valence-electron chi connectivity index (χ4n) is 3.57. The number of hydrogen-bond acceptors (Lipinski definition) is 4. The molecule has 0 fully saturated rings. The minimum atomic E-state index is -3.62. The van der Waals surface area contributed by atoms with Crippen LogP contribution in [0.3, 0.4) is 0 Å². The molecule has 0 spiro atoms. The van der Waals surface area contributed by atoms with Gasteiger partial charge in [-0.1, -0.05) is 6.07 Å². The molecule has 1 N–H and O–H groups in total. The molecule has 3 aromatic rings. The summed E-state index contributed by atoms with van der Waals surface area (Å²) in [5.41, 5.74) is 3.37. The third-order valence-electron chi connectivity index (χ3n) is 4.95. The van der Waals surface area contributed by atoms with Gasteiger partial charge in [0.25, 0.3) is 0 Å². The number of benzene rings is 1. The van der Waals surface area contributed by atoms with Crippen LogP contribution in [-0.4, -0.2) is 36.8 Å². The predicted molar refractivity (Wildman–Crippen MR) is 107 cm³/mol. The van der Waals surface area contributed by atoms with Gasteiger partial charge in [-0.15, -0.1) is 0 Å².